The zero-order chi connectivity index (χ0) is 14.2. The molecule has 1 aliphatic heterocycles. The number of nitrogens with zero attached hydrogens (tertiary/aromatic N) is 1. The second-order valence-electron chi connectivity index (χ2n) is 4.94. The molecule has 0 radical (unpaired) electrons. The Labute approximate surface area is 126 Å². The molecule has 0 aliphatic carbocycles. The average Bonchev–Trinajstić information content (AvgIpc) is 2.49. The Hall–Kier alpha value is -0.810. The van der Waals surface area contributed by atoms with Gasteiger partial charge in [0.25, 0.3) is 0 Å². The molecule has 1 heterocycles. The first-order valence-corrected chi connectivity index (χ1v) is 7.50. The summed E-state index contributed by atoms with van der Waals surface area (Å²) in [7, 11) is 1.67. The van der Waals surface area contributed by atoms with E-state index < -0.39 is 0 Å². The van der Waals surface area contributed by atoms with Gasteiger partial charge in [-0.15, -0.1) is 0 Å². The number of halogens is 1. The number of benzene rings is 1. The summed E-state index contributed by atoms with van der Waals surface area (Å²) in [4.78, 5) is 2.45. The van der Waals surface area contributed by atoms with E-state index in [0.29, 0.717) is 5.02 Å². The second kappa shape index (κ2) is 8.47. The Kier molecular flexibility index (Phi) is 6.60. The molecule has 0 aromatic heterocycles. The lowest BCUT2D eigenvalue weighted by Gasteiger charge is -2.26. The summed E-state index contributed by atoms with van der Waals surface area (Å²) in [5.74, 6) is 0.846. The minimum atomic E-state index is 0.706. The van der Waals surface area contributed by atoms with E-state index in [1.807, 2.05) is 18.2 Å². The minimum absolute atomic E-state index is 0.706. The van der Waals surface area contributed by atoms with Crippen molar-refractivity contribution in [3.63, 3.8) is 0 Å². The van der Waals surface area contributed by atoms with E-state index in [1.54, 1.807) is 7.11 Å². The smallest absolute Gasteiger partial charge is 0.124 e. The van der Waals surface area contributed by atoms with Crippen molar-refractivity contribution in [1.29, 1.82) is 0 Å². The molecule has 20 heavy (non-hydrogen) atoms. The van der Waals surface area contributed by atoms with Crippen molar-refractivity contribution in [1.82, 2.24) is 10.2 Å². The monoisotopic (exact) mass is 298 g/mol. The highest BCUT2D eigenvalue weighted by Crippen LogP contribution is 2.22. The highest BCUT2D eigenvalue weighted by atomic mass is 35.5. The van der Waals surface area contributed by atoms with Gasteiger partial charge in [-0.25, -0.2) is 0 Å². The first kappa shape index (κ1) is 15.6. The summed E-state index contributed by atoms with van der Waals surface area (Å²) < 4.78 is 10.7. The van der Waals surface area contributed by atoms with E-state index in [4.69, 9.17) is 21.1 Å². The lowest BCUT2D eigenvalue weighted by molar-refractivity contribution is 0.0374. The van der Waals surface area contributed by atoms with Crippen LogP contribution in [0, 0.1) is 0 Å². The third-order valence-electron chi connectivity index (χ3n) is 3.50. The van der Waals surface area contributed by atoms with Crippen LogP contribution in [0.3, 0.4) is 0 Å². The van der Waals surface area contributed by atoms with Gasteiger partial charge in [0.1, 0.15) is 5.75 Å². The van der Waals surface area contributed by atoms with E-state index >= 15 is 0 Å². The zero-order valence-electron chi connectivity index (χ0n) is 12.0. The van der Waals surface area contributed by atoms with Crippen LogP contribution in [0.5, 0.6) is 5.75 Å². The summed E-state index contributed by atoms with van der Waals surface area (Å²) in [5, 5.41) is 4.16. The molecule has 2 rings (SSSR count). The van der Waals surface area contributed by atoms with Crippen LogP contribution in [-0.2, 0) is 11.3 Å². The van der Waals surface area contributed by atoms with Gasteiger partial charge < -0.3 is 14.8 Å². The third-order valence-corrected chi connectivity index (χ3v) is 3.73. The van der Waals surface area contributed by atoms with E-state index in [0.717, 1.165) is 63.7 Å². The molecule has 1 aliphatic rings. The van der Waals surface area contributed by atoms with Gasteiger partial charge in [0.2, 0.25) is 0 Å². The van der Waals surface area contributed by atoms with Gasteiger partial charge in [0, 0.05) is 30.2 Å². The van der Waals surface area contributed by atoms with Crippen molar-refractivity contribution in [2.24, 2.45) is 0 Å². The third kappa shape index (κ3) is 4.94. The SMILES string of the molecule is COc1cc(Cl)ccc1CNCCCN1CCOCC1. The van der Waals surface area contributed by atoms with Crippen molar-refractivity contribution < 1.29 is 9.47 Å². The summed E-state index contributed by atoms with van der Waals surface area (Å²) in [6.45, 7) is 6.81. The Balaban J connectivity index is 1.65. The molecule has 1 aromatic carbocycles. The highest BCUT2D eigenvalue weighted by Gasteiger charge is 2.09. The molecule has 1 saturated heterocycles. The van der Waals surface area contributed by atoms with Gasteiger partial charge in [-0.3, -0.25) is 4.90 Å². The zero-order valence-corrected chi connectivity index (χ0v) is 12.8. The van der Waals surface area contributed by atoms with Crippen LogP contribution in [0.25, 0.3) is 0 Å². The maximum Gasteiger partial charge on any atom is 0.124 e. The lowest BCUT2D eigenvalue weighted by atomic mass is 10.2. The van der Waals surface area contributed by atoms with Gasteiger partial charge in [0.05, 0.1) is 20.3 Å². The van der Waals surface area contributed by atoms with Crippen molar-refractivity contribution in [2.45, 2.75) is 13.0 Å². The van der Waals surface area contributed by atoms with Crippen molar-refractivity contribution in [3.05, 3.63) is 28.8 Å². The van der Waals surface area contributed by atoms with Crippen LogP contribution < -0.4 is 10.1 Å². The minimum Gasteiger partial charge on any atom is -0.496 e. The fourth-order valence-corrected chi connectivity index (χ4v) is 2.50. The van der Waals surface area contributed by atoms with E-state index in [1.165, 1.54) is 0 Å². The van der Waals surface area contributed by atoms with Crippen LogP contribution in [0.2, 0.25) is 5.02 Å². The molecule has 1 aromatic rings. The standard InChI is InChI=1S/C15H23ClN2O2/c1-19-15-11-14(16)4-3-13(15)12-17-5-2-6-18-7-9-20-10-8-18/h3-4,11,17H,2,5-10,12H2,1H3. The maximum absolute atomic E-state index is 5.95. The molecule has 0 bridgehead atoms. The number of hydrogen-bond donors (Lipinski definition) is 1. The molecule has 5 heteroatoms. The summed E-state index contributed by atoms with van der Waals surface area (Å²) in [6, 6.07) is 5.76. The van der Waals surface area contributed by atoms with Gasteiger partial charge in [-0.05, 0) is 31.6 Å². The average molecular weight is 299 g/mol. The van der Waals surface area contributed by atoms with Gasteiger partial charge in [-0.1, -0.05) is 17.7 Å². The number of morpholine rings is 1. The summed E-state index contributed by atoms with van der Waals surface area (Å²) in [6.07, 6.45) is 1.15. The summed E-state index contributed by atoms with van der Waals surface area (Å²) >= 11 is 5.95. The molecule has 0 saturated carbocycles. The molecular weight excluding hydrogens is 276 g/mol. The largest absolute Gasteiger partial charge is 0.496 e. The quantitative estimate of drug-likeness (QED) is 0.782. The molecule has 112 valence electrons. The van der Waals surface area contributed by atoms with Crippen LogP contribution in [-0.4, -0.2) is 51.4 Å². The Morgan fingerprint density at radius 1 is 1.35 bits per heavy atom. The van der Waals surface area contributed by atoms with Gasteiger partial charge in [-0.2, -0.15) is 0 Å². The second-order valence-corrected chi connectivity index (χ2v) is 5.38. The first-order chi connectivity index (χ1) is 9.79. The van der Waals surface area contributed by atoms with E-state index in [2.05, 4.69) is 10.2 Å². The molecule has 0 atom stereocenters. The molecular formula is C15H23ClN2O2. The van der Waals surface area contributed by atoms with Gasteiger partial charge >= 0.3 is 0 Å². The molecule has 1 N–H and O–H groups in total. The van der Waals surface area contributed by atoms with Crippen LogP contribution in [0.1, 0.15) is 12.0 Å². The number of methoxy groups -OCH3 is 1. The topological polar surface area (TPSA) is 33.7 Å². The van der Waals surface area contributed by atoms with Crippen molar-refractivity contribution in [3.8, 4) is 5.75 Å². The fourth-order valence-electron chi connectivity index (χ4n) is 2.34. The molecule has 0 amide bonds. The van der Waals surface area contributed by atoms with E-state index in [-0.39, 0.29) is 0 Å². The number of hydrogen-bond acceptors (Lipinski definition) is 4. The summed E-state index contributed by atoms with van der Waals surface area (Å²) in [5.41, 5.74) is 1.14. The van der Waals surface area contributed by atoms with Crippen molar-refractivity contribution >= 4 is 11.6 Å². The number of nitrogens with one attached hydrogen (secondary N) is 1. The molecule has 4 nitrogen and oxygen atoms in total. The Morgan fingerprint density at radius 2 is 2.15 bits per heavy atom. The first-order valence-electron chi connectivity index (χ1n) is 7.13. The van der Waals surface area contributed by atoms with Crippen LogP contribution in [0.4, 0.5) is 0 Å². The maximum atomic E-state index is 5.95. The van der Waals surface area contributed by atoms with Crippen LogP contribution in [0.15, 0.2) is 18.2 Å². The number of rotatable bonds is 7. The highest BCUT2D eigenvalue weighted by molar-refractivity contribution is 6.30. The fraction of sp³-hybridized carbons (Fsp3) is 0.600. The molecule has 0 unspecified atom stereocenters. The number of ether oxygens (including phenoxy) is 2. The molecule has 1 fully saturated rings. The molecule has 0 spiro atoms. The Morgan fingerprint density at radius 3 is 2.90 bits per heavy atom. The Bertz CT molecular complexity index is 409. The lowest BCUT2D eigenvalue weighted by Crippen LogP contribution is -2.37. The van der Waals surface area contributed by atoms with E-state index in [9.17, 15) is 0 Å². The van der Waals surface area contributed by atoms with Gasteiger partial charge in [0.15, 0.2) is 0 Å². The predicted octanol–water partition coefficient (Wildman–Crippen LogP) is 2.16. The van der Waals surface area contributed by atoms with Crippen LogP contribution >= 0.6 is 11.6 Å². The predicted molar refractivity (Wildman–Crippen MR) is 81.6 cm³/mol. The normalized spacial score (nSPS) is 16.3. The van der Waals surface area contributed by atoms with Crippen molar-refractivity contribution in [2.75, 3.05) is 46.5 Å².